The summed E-state index contributed by atoms with van der Waals surface area (Å²) in [6.07, 6.45) is 1.39. The fourth-order valence-electron chi connectivity index (χ4n) is 2.23. The Morgan fingerprint density at radius 3 is 3.00 bits per heavy atom. The highest BCUT2D eigenvalue weighted by Crippen LogP contribution is 2.25. The molecule has 0 aliphatic rings. The van der Waals surface area contributed by atoms with E-state index in [0.717, 1.165) is 10.1 Å². The van der Waals surface area contributed by atoms with Crippen LogP contribution in [0.2, 0.25) is 0 Å². The topological polar surface area (TPSA) is 99.0 Å². The lowest BCUT2D eigenvalue weighted by Crippen LogP contribution is -2.31. The molecule has 1 N–H and O–H groups in total. The number of aromatic nitrogens is 4. The number of nitrogens with one attached hydrogen (secondary N) is 1. The molecule has 136 valence electrons. The largest absolute Gasteiger partial charge is 0.384 e. The average molecular weight is 391 g/mol. The second-order valence-corrected chi connectivity index (χ2v) is 7.67. The first-order valence-corrected chi connectivity index (χ1v) is 9.62. The van der Waals surface area contributed by atoms with Crippen molar-refractivity contribution < 1.29 is 9.53 Å². The van der Waals surface area contributed by atoms with Crippen LogP contribution in [0.4, 0.5) is 5.13 Å². The number of ether oxygens (including phenoxy) is 1. The van der Waals surface area contributed by atoms with Crippen LogP contribution in [0.5, 0.6) is 0 Å². The van der Waals surface area contributed by atoms with Gasteiger partial charge in [0, 0.05) is 12.9 Å². The van der Waals surface area contributed by atoms with Gasteiger partial charge in [-0.1, -0.05) is 35.2 Å². The van der Waals surface area contributed by atoms with Crippen LogP contribution in [0.1, 0.15) is 13.0 Å². The smallest absolute Gasteiger partial charge is 0.261 e. The van der Waals surface area contributed by atoms with Crippen molar-refractivity contribution in [1.29, 1.82) is 0 Å². The number of para-hydroxylation sites is 1. The van der Waals surface area contributed by atoms with Gasteiger partial charge in [0.1, 0.15) is 6.04 Å². The van der Waals surface area contributed by atoms with Gasteiger partial charge in [-0.05, 0) is 19.1 Å². The van der Waals surface area contributed by atoms with Gasteiger partial charge in [0.25, 0.3) is 5.56 Å². The van der Waals surface area contributed by atoms with E-state index in [1.807, 2.05) is 6.07 Å². The van der Waals surface area contributed by atoms with Gasteiger partial charge in [-0.15, -0.1) is 10.2 Å². The third-order valence-electron chi connectivity index (χ3n) is 3.64. The molecule has 2 heterocycles. The van der Waals surface area contributed by atoms with Crippen molar-refractivity contribution in [2.24, 2.45) is 0 Å². The lowest BCUT2D eigenvalue weighted by Gasteiger charge is -2.13. The van der Waals surface area contributed by atoms with Crippen molar-refractivity contribution in [2.45, 2.75) is 17.3 Å². The molecule has 0 fully saturated rings. The number of hydrogen-bond donors (Lipinski definition) is 1. The average Bonchev–Trinajstić information content (AvgIpc) is 3.09. The van der Waals surface area contributed by atoms with Crippen LogP contribution in [0.25, 0.3) is 10.9 Å². The predicted molar refractivity (Wildman–Crippen MR) is 102 cm³/mol. The van der Waals surface area contributed by atoms with Crippen LogP contribution in [0, 0.1) is 0 Å². The number of nitrogens with zero attached hydrogens (tertiary/aromatic N) is 4. The number of benzene rings is 1. The first-order chi connectivity index (χ1) is 12.6. The Morgan fingerprint density at radius 1 is 1.38 bits per heavy atom. The predicted octanol–water partition coefficient (Wildman–Crippen LogP) is 2.19. The Kier molecular flexibility index (Phi) is 5.96. The van der Waals surface area contributed by atoms with Crippen molar-refractivity contribution in [3.05, 3.63) is 40.9 Å². The van der Waals surface area contributed by atoms with E-state index in [4.69, 9.17) is 4.74 Å². The molecule has 10 heteroatoms. The number of methoxy groups -OCH3 is 1. The van der Waals surface area contributed by atoms with E-state index in [0.29, 0.717) is 22.6 Å². The first kappa shape index (κ1) is 18.5. The minimum atomic E-state index is -0.729. The third kappa shape index (κ3) is 4.09. The van der Waals surface area contributed by atoms with Gasteiger partial charge in [-0.2, -0.15) is 0 Å². The Morgan fingerprint density at radius 2 is 2.19 bits per heavy atom. The third-order valence-corrected chi connectivity index (χ3v) is 5.57. The highest BCUT2D eigenvalue weighted by Gasteiger charge is 2.19. The Hall–Kier alpha value is -2.30. The van der Waals surface area contributed by atoms with Crippen molar-refractivity contribution in [2.75, 3.05) is 24.8 Å². The number of fused-ring (bicyclic) bond motifs is 1. The molecule has 0 saturated carbocycles. The zero-order valence-corrected chi connectivity index (χ0v) is 15.8. The number of carbonyl (C=O) groups excluding carboxylic acids is 1. The Labute approximate surface area is 157 Å². The Bertz CT molecular complexity index is 972. The molecular formula is C16H17N5O3S2. The van der Waals surface area contributed by atoms with Gasteiger partial charge in [-0.25, -0.2) is 4.98 Å². The maximum absolute atomic E-state index is 12.6. The monoisotopic (exact) mass is 391 g/mol. The van der Waals surface area contributed by atoms with Crippen molar-refractivity contribution in [3.63, 3.8) is 0 Å². The molecule has 3 rings (SSSR count). The van der Waals surface area contributed by atoms with Crippen LogP contribution >= 0.6 is 23.1 Å². The lowest BCUT2D eigenvalue weighted by molar-refractivity contribution is -0.118. The van der Waals surface area contributed by atoms with E-state index >= 15 is 0 Å². The molecule has 0 aliphatic heterocycles. The molecule has 1 amide bonds. The summed E-state index contributed by atoms with van der Waals surface area (Å²) in [5.41, 5.74) is 0.342. The minimum absolute atomic E-state index is 0.258. The van der Waals surface area contributed by atoms with Crippen LogP contribution in [0.3, 0.4) is 0 Å². The van der Waals surface area contributed by atoms with Gasteiger partial charge in [0.15, 0.2) is 4.34 Å². The molecule has 26 heavy (non-hydrogen) atoms. The van der Waals surface area contributed by atoms with E-state index in [1.165, 1.54) is 34.0 Å². The summed E-state index contributed by atoms with van der Waals surface area (Å²) in [5, 5.41) is 11.5. The maximum atomic E-state index is 12.6. The molecule has 8 nitrogen and oxygen atoms in total. The van der Waals surface area contributed by atoms with Crippen molar-refractivity contribution >= 4 is 45.0 Å². The van der Waals surface area contributed by atoms with Crippen molar-refractivity contribution in [1.82, 2.24) is 19.7 Å². The van der Waals surface area contributed by atoms with E-state index in [2.05, 4.69) is 20.5 Å². The maximum Gasteiger partial charge on any atom is 0.261 e. The van der Waals surface area contributed by atoms with Gasteiger partial charge in [0.2, 0.25) is 11.0 Å². The van der Waals surface area contributed by atoms with Gasteiger partial charge >= 0.3 is 0 Å². The van der Waals surface area contributed by atoms with E-state index in [1.54, 1.807) is 32.2 Å². The summed E-state index contributed by atoms with van der Waals surface area (Å²) in [4.78, 5) is 29.3. The second kappa shape index (κ2) is 8.39. The van der Waals surface area contributed by atoms with E-state index < -0.39 is 6.04 Å². The van der Waals surface area contributed by atoms with Crippen LogP contribution in [0.15, 0.2) is 39.7 Å². The van der Waals surface area contributed by atoms with Crippen LogP contribution in [-0.4, -0.2) is 45.1 Å². The number of rotatable bonds is 7. The van der Waals surface area contributed by atoms with E-state index in [9.17, 15) is 9.59 Å². The van der Waals surface area contributed by atoms with Gasteiger partial charge < -0.3 is 4.74 Å². The molecule has 1 unspecified atom stereocenters. The zero-order valence-electron chi connectivity index (χ0n) is 14.2. The number of amides is 1. The summed E-state index contributed by atoms with van der Waals surface area (Å²) in [5.74, 6) is 0.405. The van der Waals surface area contributed by atoms with E-state index in [-0.39, 0.29) is 11.5 Å². The molecule has 0 bridgehead atoms. The molecule has 3 aromatic rings. The molecule has 1 atom stereocenters. The normalized spacial score (nSPS) is 12.2. The first-order valence-electron chi connectivity index (χ1n) is 7.82. The molecule has 2 aromatic heterocycles. The number of carbonyl (C=O) groups is 1. The highest BCUT2D eigenvalue weighted by atomic mass is 32.2. The summed E-state index contributed by atoms with van der Waals surface area (Å²) < 4.78 is 7.04. The zero-order chi connectivity index (χ0) is 18.5. The summed E-state index contributed by atoms with van der Waals surface area (Å²) in [6.45, 7) is 2.25. The molecule has 1 aromatic carbocycles. The molecule has 0 radical (unpaired) electrons. The molecule has 0 aliphatic carbocycles. The molecule has 0 spiro atoms. The minimum Gasteiger partial charge on any atom is -0.384 e. The fourth-order valence-corrected chi connectivity index (χ4v) is 3.95. The highest BCUT2D eigenvalue weighted by molar-refractivity contribution is 8.01. The summed E-state index contributed by atoms with van der Waals surface area (Å²) >= 11 is 2.79. The number of thioether (sulfide) groups is 1. The Balaban J connectivity index is 1.72. The fraction of sp³-hybridized carbons (Fsp3) is 0.312. The summed E-state index contributed by atoms with van der Waals surface area (Å²) in [6, 6.07) is 6.31. The van der Waals surface area contributed by atoms with Crippen LogP contribution in [-0.2, 0) is 9.53 Å². The SMILES string of the molecule is COCCSc1nnc(NC(=O)C(C)n2cnc3ccccc3c2=O)s1. The standard InChI is InChI=1S/C16H17N5O3S2/c1-10(21-9-17-12-6-4-3-5-11(12)14(21)23)13(22)18-15-19-20-16(26-15)25-8-7-24-2/h3-6,9-10H,7-8H2,1-2H3,(H,18,19,22). The summed E-state index contributed by atoms with van der Waals surface area (Å²) in [7, 11) is 1.64. The molecule has 0 saturated heterocycles. The van der Waals surface area contributed by atoms with Gasteiger partial charge in [0.05, 0.1) is 23.8 Å². The lowest BCUT2D eigenvalue weighted by atomic mass is 10.2. The second-order valence-electron chi connectivity index (χ2n) is 5.35. The quantitative estimate of drug-likeness (QED) is 0.374. The number of hydrogen-bond acceptors (Lipinski definition) is 8. The van der Waals surface area contributed by atoms with Crippen molar-refractivity contribution in [3.8, 4) is 0 Å². The van der Waals surface area contributed by atoms with Gasteiger partial charge in [-0.3, -0.25) is 19.5 Å². The molecular weight excluding hydrogens is 374 g/mol. The number of anilines is 1. The van der Waals surface area contributed by atoms with Crippen LogP contribution < -0.4 is 10.9 Å².